The summed E-state index contributed by atoms with van der Waals surface area (Å²) in [7, 11) is 0. The third-order valence-electron chi connectivity index (χ3n) is 4.39. The maximum atomic E-state index is 12.5. The van der Waals surface area contributed by atoms with E-state index in [-0.39, 0.29) is 5.91 Å². The van der Waals surface area contributed by atoms with E-state index in [0.717, 1.165) is 42.5 Å². The highest BCUT2D eigenvalue weighted by Crippen LogP contribution is 2.33. The number of unbranched alkanes of at least 4 members (excludes halogenated alkanes) is 2. The molecule has 3 N–H and O–H groups in total. The molecule has 0 spiro atoms. The highest BCUT2D eigenvalue weighted by Gasteiger charge is 2.32. The number of amides is 1. The first-order valence-electron chi connectivity index (χ1n) is 8.24. The predicted octanol–water partition coefficient (Wildman–Crippen LogP) is 3.24. The summed E-state index contributed by atoms with van der Waals surface area (Å²) in [6.45, 7) is 5.61. The first-order chi connectivity index (χ1) is 10.7. The normalized spacial score (nSPS) is 14.1. The molecule has 0 aromatic carbocycles. The van der Waals surface area contributed by atoms with Gasteiger partial charge in [-0.05, 0) is 24.8 Å². The molecule has 22 heavy (non-hydrogen) atoms. The van der Waals surface area contributed by atoms with Crippen LogP contribution in [0.4, 0.5) is 5.69 Å². The molecule has 0 saturated carbocycles. The quantitative estimate of drug-likeness (QED) is 0.804. The lowest BCUT2D eigenvalue weighted by molar-refractivity contribution is 0.0779. The average Bonchev–Trinajstić information content (AvgIpc) is 3.03. The second kappa shape index (κ2) is 5.99. The maximum absolute atomic E-state index is 12.5. The number of nitrogens with one attached hydrogen (secondary N) is 1. The van der Waals surface area contributed by atoms with Gasteiger partial charge >= 0.3 is 0 Å². The van der Waals surface area contributed by atoms with Crippen LogP contribution in [0.15, 0.2) is 6.20 Å². The predicted molar refractivity (Wildman–Crippen MR) is 88.8 cm³/mol. The van der Waals surface area contributed by atoms with E-state index in [2.05, 4.69) is 18.8 Å². The van der Waals surface area contributed by atoms with Gasteiger partial charge in [0.2, 0.25) is 0 Å². The third-order valence-corrected chi connectivity index (χ3v) is 4.39. The second-order valence-electron chi connectivity index (χ2n) is 6.07. The van der Waals surface area contributed by atoms with E-state index in [1.807, 2.05) is 11.1 Å². The van der Waals surface area contributed by atoms with Crippen molar-refractivity contribution in [1.82, 2.24) is 14.9 Å². The Morgan fingerprint density at radius 1 is 1.32 bits per heavy atom. The summed E-state index contributed by atoms with van der Waals surface area (Å²) in [6.07, 6.45) is 7.52. The van der Waals surface area contributed by atoms with Crippen LogP contribution in [0.3, 0.4) is 0 Å². The number of hydrogen-bond donors (Lipinski definition) is 2. The molecule has 5 heteroatoms. The van der Waals surface area contributed by atoms with E-state index in [1.54, 1.807) is 0 Å². The molecule has 5 nitrogen and oxygen atoms in total. The number of fused-ring (bicyclic) bond motifs is 2. The number of anilines is 1. The fraction of sp³-hybridized carbons (Fsp3) is 0.529. The van der Waals surface area contributed by atoms with Crippen molar-refractivity contribution >= 4 is 22.6 Å². The number of pyridine rings is 1. The summed E-state index contributed by atoms with van der Waals surface area (Å²) in [5.74, 6) is 0.0193. The zero-order chi connectivity index (χ0) is 15.7. The van der Waals surface area contributed by atoms with Crippen LogP contribution >= 0.6 is 0 Å². The number of rotatable bonds is 6. The minimum Gasteiger partial charge on any atom is -0.396 e. The van der Waals surface area contributed by atoms with Crippen LogP contribution in [0, 0.1) is 0 Å². The summed E-state index contributed by atoms with van der Waals surface area (Å²) in [5, 5.41) is 0. The molecule has 118 valence electrons. The van der Waals surface area contributed by atoms with Gasteiger partial charge in [0, 0.05) is 12.7 Å². The smallest absolute Gasteiger partial charge is 0.258 e. The Labute approximate surface area is 130 Å². The number of hydrogen-bond acceptors (Lipinski definition) is 3. The van der Waals surface area contributed by atoms with Gasteiger partial charge in [-0.25, -0.2) is 4.98 Å². The Morgan fingerprint density at radius 3 is 2.86 bits per heavy atom. The number of carbonyl (C=O) groups excluding carboxylic acids is 1. The Bertz CT molecular complexity index is 704. The maximum Gasteiger partial charge on any atom is 0.258 e. The van der Waals surface area contributed by atoms with Crippen LogP contribution in [-0.2, 0) is 13.0 Å². The van der Waals surface area contributed by atoms with Crippen molar-refractivity contribution in [2.75, 3.05) is 12.3 Å². The van der Waals surface area contributed by atoms with Crippen molar-refractivity contribution < 1.29 is 4.79 Å². The van der Waals surface area contributed by atoms with Gasteiger partial charge in [0.05, 0.1) is 34.5 Å². The SMILES string of the molecule is CCCCCc1c[nH]c2c(N)c3c(nc12)CN(CCC)C3=O. The number of aromatic nitrogens is 2. The Morgan fingerprint density at radius 2 is 2.14 bits per heavy atom. The summed E-state index contributed by atoms with van der Waals surface area (Å²) in [4.78, 5) is 22.3. The van der Waals surface area contributed by atoms with Crippen LogP contribution in [0.5, 0.6) is 0 Å². The van der Waals surface area contributed by atoms with Crippen LogP contribution in [0.1, 0.15) is 61.1 Å². The van der Waals surface area contributed by atoms with Gasteiger partial charge < -0.3 is 15.6 Å². The van der Waals surface area contributed by atoms with Gasteiger partial charge in [0.1, 0.15) is 0 Å². The van der Waals surface area contributed by atoms with E-state index >= 15 is 0 Å². The lowest BCUT2D eigenvalue weighted by atomic mass is 10.1. The summed E-state index contributed by atoms with van der Waals surface area (Å²) in [5.41, 5.74) is 11.2. The summed E-state index contributed by atoms with van der Waals surface area (Å²) < 4.78 is 0. The minimum atomic E-state index is 0.0193. The van der Waals surface area contributed by atoms with Crippen molar-refractivity contribution in [3.63, 3.8) is 0 Å². The van der Waals surface area contributed by atoms with Crippen LogP contribution < -0.4 is 5.73 Å². The van der Waals surface area contributed by atoms with Gasteiger partial charge in [0.15, 0.2) is 0 Å². The Balaban J connectivity index is 1.98. The van der Waals surface area contributed by atoms with E-state index in [0.29, 0.717) is 17.8 Å². The highest BCUT2D eigenvalue weighted by molar-refractivity contribution is 6.08. The van der Waals surface area contributed by atoms with Gasteiger partial charge in [-0.2, -0.15) is 0 Å². The molecule has 0 fully saturated rings. The molecule has 3 heterocycles. The molecule has 2 aromatic rings. The average molecular weight is 300 g/mol. The number of carbonyl (C=O) groups is 1. The van der Waals surface area contributed by atoms with Crippen molar-refractivity contribution in [2.24, 2.45) is 0 Å². The first kappa shape index (κ1) is 14.9. The summed E-state index contributed by atoms with van der Waals surface area (Å²) in [6, 6.07) is 0. The second-order valence-corrected chi connectivity index (χ2v) is 6.07. The molecule has 0 radical (unpaired) electrons. The molecule has 0 bridgehead atoms. The number of H-pyrrole nitrogens is 1. The molecule has 0 unspecified atom stereocenters. The van der Waals surface area contributed by atoms with Crippen molar-refractivity contribution in [3.8, 4) is 0 Å². The molecule has 2 aromatic heterocycles. The molecule has 0 atom stereocenters. The van der Waals surface area contributed by atoms with Gasteiger partial charge in [-0.15, -0.1) is 0 Å². The van der Waals surface area contributed by atoms with E-state index in [9.17, 15) is 4.79 Å². The van der Waals surface area contributed by atoms with Crippen molar-refractivity contribution in [1.29, 1.82) is 0 Å². The van der Waals surface area contributed by atoms with Gasteiger partial charge in [0.25, 0.3) is 5.91 Å². The molecule has 0 saturated heterocycles. The monoisotopic (exact) mass is 300 g/mol. The minimum absolute atomic E-state index is 0.0193. The fourth-order valence-corrected chi connectivity index (χ4v) is 3.23. The fourth-order valence-electron chi connectivity index (χ4n) is 3.23. The third kappa shape index (κ3) is 2.34. The number of nitrogens with two attached hydrogens (primary N) is 1. The number of nitrogen functional groups attached to an aromatic ring is 1. The Kier molecular flexibility index (Phi) is 4.05. The Hall–Kier alpha value is -2.04. The van der Waals surface area contributed by atoms with Gasteiger partial charge in [-0.3, -0.25) is 4.79 Å². The zero-order valence-electron chi connectivity index (χ0n) is 13.4. The van der Waals surface area contributed by atoms with Crippen LogP contribution in [-0.4, -0.2) is 27.3 Å². The van der Waals surface area contributed by atoms with Crippen LogP contribution in [0.2, 0.25) is 0 Å². The molecular formula is C17H24N4O. The van der Waals surface area contributed by atoms with Crippen LogP contribution in [0.25, 0.3) is 11.0 Å². The molecule has 3 rings (SSSR count). The van der Waals surface area contributed by atoms with E-state index in [1.165, 1.54) is 18.4 Å². The topological polar surface area (TPSA) is 75.0 Å². The molecular weight excluding hydrogens is 276 g/mol. The number of aromatic amines is 1. The lowest BCUT2D eigenvalue weighted by Crippen LogP contribution is -2.24. The summed E-state index contributed by atoms with van der Waals surface area (Å²) >= 11 is 0. The zero-order valence-corrected chi connectivity index (χ0v) is 13.4. The van der Waals surface area contributed by atoms with Gasteiger partial charge in [-0.1, -0.05) is 26.7 Å². The molecule has 1 amide bonds. The first-order valence-corrected chi connectivity index (χ1v) is 8.24. The standard InChI is InChI=1S/C17H24N4O/c1-3-5-6-7-11-9-19-16-14(18)13-12(20-15(11)16)10-21(8-4-2)17(13)22/h9,19H,3-8,10H2,1-2H3,(H2,18,20). The van der Waals surface area contributed by atoms with Crippen molar-refractivity contribution in [2.45, 2.75) is 52.5 Å². The lowest BCUT2D eigenvalue weighted by Gasteiger charge is -2.13. The molecule has 0 aliphatic carbocycles. The number of aryl methyl sites for hydroxylation is 1. The molecule has 1 aliphatic rings. The largest absolute Gasteiger partial charge is 0.396 e. The van der Waals surface area contributed by atoms with E-state index < -0.39 is 0 Å². The molecule has 1 aliphatic heterocycles. The van der Waals surface area contributed by atoms with E-state index in [4.69, 9.17) is 10.7 Å². The number of nitrogens with zero attached hydrogens (tertiary/aromatic N) is 2. The van der Waals surface area contributed by atoms with Crippen molar-refractivity contribution in [3.05, 3.63) is 23.0 Å². The highest BCUT2D eigenvalue weighted by atomic mass is 16.2.